The molecule has 3 nitrogen and oxygen atoms in total. The van der Waals surface area contributed by atoms with Gasteiger partial charge in [0.2, 0.25) is 0 Å². The van der Waals surface area contributed by atoms with Crippen molar-refractivity contribution in [2.24, 2.45) is 0 Å². The summed E-state index contributed by atoms with van der Waals surface area (Å²) in [5, 5.41) is 0.872. The summed E-state index contributed by atoms with van der Waals surface area (Å²) in [6.45, 7) is 0. The van der Waals surface area contributed by atoms with E-state index in [1.807, 2.05) is 18.2 Å². The number of hydrogen-bond donors (Lipinski definition) is 0. The molecule has 3 aromatic rings. The van der Waals surface area contributed by atoms with Crippen molar-refractivity contribution in [2.45, 2.75) is 0 Å². The zero-order valence-electron chi connectivity index (χ0n) is 7.79. The van der Waals surface area contributed by atoms with Crippen LogP contribution >= 0.6 is 11.3 Å². The van der Waals surface area contributed by atoms with Crippen LogP contribution in [0.2, 0.25) is 0 Å². The zero-order valence-corrected chi connectivity index (χ0v) is 8.61. The second-order valence-corrected chi connectivity index (χ2v) is 4.09. The van der Waals surface area contributed by atoms with Crippen LogP contribution in [0.3, 0.4) is 0 Å². The molecule has 0 bridgehead atoms. The molecule has 0 fully saturated rings. The molecule has 72 valence electrons. The number of benzene rings is 1. The Kier molecular flexibility index (Phi) is 1.93. The SMILES string of the molecule is c1cnc(-c2nc3ccccc3s2)nc1. The van der Waals surface area contributed by atoms with Crippen molar-refractivity contribution in [1.82, 2.24) is 15.0 Å². The molecule has 0 saturated heterocycles. The molecule has 0 amide bonds. The van der Waals surface area contributed by atoms with Gasteiger partial charge in [-0.15, -0.1) is 11.3 Å². The first-order valence-electron chi connectivity index (χ1n) is 4.56. The van der Waals surface area contributed by atoms with Crippen LogP contribution in [-0.2, 0) is 0 Å². The van der Waals surface area contributed by atoms with E-state index < -0.39 is 0 Å². The van der Waals surface area contributed by atoms with E-state index in [0.717, 1.165) is 10.5 Å². The fraction of sp³-hybridized carbons (Fsp3) is 0. The highest BCUT2D eigenvalue weighted by Crippen LogP contribution is 2.27. The topological polar surface area (TPSA) is 38.7 Å². The van der Waals surface area contributed by atoms with Crippen molar-refractivity contribution >= 4 is 21.6 Å². The quantitative estimate of drug-likeness (QED) is 0.624. The number of aromatic nitrogens is 3. The van der Waals surface area contributed by atoms with Crippen molar-refractivity contribution in [2.75, 3.05) is 0 Å². The number of nitrogens with zero attached hydrogens (tertiary/aromatic N) is 3. The highest BCUT2D eigenvalue weighted by Gasteiger charge is 2.06. The molecule has 0 aliphatic rings. The lowest BCUT2D eigenvalue weighted by atomic mass is 10.3. The molecule has 2 heterocycles. The maximum Gasteiger partial charge on any atom is 0.188 e. The van der Waals surface area contributed by atoms with Gasteiger partial charge in [0, 0.05) is 12.4 Å². The molecule has 3 rings (SSSR count). The second kappa shape index (κ2) is 3.40. The van der Waals surface area contributed by atoms with Gasteiger partial charge in [-0.1, -0.05) is 12.1 Å². The van der Waals surface area contributed by atoms with Gasteiger partial charge in [-0.2, -0.15) is 0 Å². The van der Waals surface area contributed by atoms with Gasteiger partial charge in [0.05, 0.1) is 10.2 Å². The second-order valence-electron chi connectivity index (χ2n) is 3.06. The summed E-state index contributed by atoms with van der Waals surface area (Å²) in [7, 11) is 0. The molecule has 0 N–H and O–H groups in total. The number of hydrogen-bond acceptors (Lipinski definition) is 4. The molecule has 0 unspecified atom stereocenters. The van der Waals surface area contributed by atoms with Crippen molar-refractivity contribution in [3.63, 3.8) is 0 Å². The monoisotopic (exact) mass is 213 g/mol. The van der Waals surface area contributed by atoms with Gasteiger partial charge in [-0.3, -0.25) is 0 Å². The summed E-state index contributed by atoms with van der Waals surface area (Å²) in [5.41, 5.74) is 1.00. The van der Waals surface area contributed by atoms with Gasteiger partial charge in [0.1, 0.15) is 0 Å². The van der Waals surface area contributed by atoms with Gasteiger partial charge in [-0.05, 0) is 18.2 Å². The number of para-hydroxylation sites is 1. The minimum atomic E-state index is 0.693. The van der Waals surface area contributed by atoms with E-state index >= 15 is 0 Å². The smallest absolute Gasteiger partial charge is 0.188 e. The normalized spacial score (nSPS) is 10.7. The van der Waals surface area contributed by atoms with E-state index in [0.29, 0.717) is 5.82 Å². The Balaban J connectivity index is 2.21. The first-order valence-corrected chi connectivity index (χ1v) is 5.38. The molecule has 0 spiro atoms. The maximum atomic E-state index is 4.48. The van der Waals surface area contributed by atoms with Gasteiger partial charge >= 0.3 is 0 Å². The van der Waals surface area contributed by atoms with Crippen LogP contribution in [0.4, 0.5) is 0 Å². The average molecular weight is 213 g/mol. The third-order valence-corrected chi connectivity index (χ3v) is 3.08. The summed E-state index contributed by atoms with van der Waals surface area (Å²) in [6, 6.07) is 9.85. The molecule has 0 aliphatic carbocycles. The van der Waals surface area contributed by atoms with E-state index in [9.17, 15) is 0 Å². The van der Waals surface area contributed by atoms with Crippen LogP contribution in [-0.4, -0.2) is 15.0 Å². The Morgan fingerprint density at radius 2 is 1.73 bits per heavy atom. The van der Waals surface area contributed by atoms with E-state index in [1.54, 1.807) is 29.8 Å². The molecule has 1 aromatic carbocycles. The van der Waals surface area contributed by atoms with Crippen LogP contribution < -0.4 is 0 Å². The summed E-state index contributed by atoms with van der Waals surface area (Å²) in [6.07, 6.45) is 3.46. The lowest BCUT2D eigenvalue weighted by Crippen LogP contribution is -1.84. The lowest BCUT2D eigenvalue weighted by Gasteiger charge is -1.89. The highest BCUT2D eigenvalue weighted by atomic mass is 32.1. The van der Waals surface area contributed by atoms with Crippen molar-refractivity contribution in [3.8, 4) is 10.8 Å². The lowest BCUT2D eigenvalue weighted by molar-refractivity contribution is 1.17. The van der Waals surface area contributed by atoms with Gasteiger partial charge < -0.3 is 0 Å². The average Bonchev–Trinajstić information content (AvgIpc) is 2.74. The largest absolute Gasteiger partial charge is 0.234 e. The fourth-order valence-electron chi connectivity index (χ4n) is 1.38. The first-order chi connectivity index (χ1) is 7.43. The van der Waals surface area contributed by atoms with Crippen LogP contribution in [0.1, 0.15) is 0 Å². The van der Waals surface area contributed by atoms with Crippen molar-refractivity contribution in [1.29, 1.82) is 0 Å². The Hall–Kier alpha value is -1.81. The predicted octanol–water partition coefficient (Wildman–Crippen LogP) is 2.75. The molecule has 0 atom stereocenters. The summed E-state index contributed by atoms with van der Waals surface area (Å²) in [5.74, 6) is 0.693. The number of fused-ring (bicyclic) bond motifs is 1. The Labute approximate surface area is 90.5 Å². The zero-order chi connectivity index (χ0) is 10.1. The molecular weight excluding hydrogens is 206 g/mol. The van der Waals surface area contributed by atoms with Crippen LogP contribution in [0, 0.1) is 0 Å². The Morgan fingerprint density at radius 1 is 0.933 bits per heavy atom. The number of rotatable bonds is 1. The Morgan fingerprint density at radius 3 is 2.53 bits per heavy atom. The van der Waals surface area contributed by atoms with E-state index in [1.165, 1.54) is 4.70 Å². The molecule has 0 radical (unpaired) electrons. The van der Waals surface area contributed by atoms with Gasteiger partial charge in [0.25, 0.3) is 0 Å². The van der Waals surface area contributed by atoms with Crippen LogP contribution in [0.15, 0.2) is 42.7 Å². The van der Waals surface area contributed by atoms with Gasteiger partial charge in [0.15, 0.2) is 10.8 Å². The molecule has 2 aromatic heterocycles. The number of thiazole rings is 1. The fourth-order valence-corrected chi connectivity index (χ4v) is 2.29. The third-order valence-electron chi connectivity index (χ3n) is 2.05. The first kappa shape index (κ1) is 8.49. The molecular formula is C11H7N3S. The third kappa shape index (κ3) is 1.49. The summed E-state index contributed by atoms with van der Waals surface area (Å²) < 4.78 is 1.17. The molecule has 4 heteroatoms. The summed E-state index contributed by atoms with van der Waals surface area (Å²) >= 11 is 1.61. The van der Waals surface area contributed by atoms with E-state index in [-0.39, 0.29) is 0 Å². The van der Waals surface area contributed by atoms with Crippen LogP contribution in [0.25, 0.3) is 21.0 Å². The van der Waals surface area contributed by atoms with Crippen molar-refractivity contribution in [3.05, 3.63) is 42.7 Å². The standard InChI is InChI=1S/C11H7N3S/c1-2-5-9-8(4-1)14-11(15-9)10-12-6-3-7-13-10/h1-7H. The van der Waals surface area contributed by atoms with Crippen molar-refractivity contribution < 1.29 is 0 Å². The van der Waals surface area contributed by atoms with E-state index in [2.05, 4.69) is 21.0 Å². The minimum absolute atomic E-state index is 0.693. The summed E-state index contributed by atoms with van der Waals surface area (Å²) in [4.78, 5) is 12.8. The molecule has 0 aliphatic heterocycles. The van der Waals surface area contributed by atoms with E-state index in [4.69, 9.17) is 0 Å². The predicted molar refractivity (Wildman–Crippen MR) is 60.6 cm³/mol. The Bertz CT molecular complexity index is 556. The minimum Gasteiger partial charge on any atom is -0.234 e. The maximum absolute atomic E-state index is 4.48. The highest BCUT2D eigenvalue weighted by molar-refractivity contribution is 7.21. The molecule has 0 saturated carbocycles. The van der Waals surface area contributed by atoms with Gasteiger partial charge in [-0.25, -0.2) is 15.0 Å². The van der Waals surface area contributed by atoms with Crippen LogP contribution in [0.5, 0.6) is 0 Å². The molecule has 15 heavy (non-hydrogen) atoms.